The van der Waals surface area contributed by atoms with Crippen LogP contribution in [0.5, 0.6) is 0 Å². The van der Waals surface area contributed by atoms with Gasteiger partial charge in [-0.1, -0.05) is 79.7 Å². The van der Waals surface area contributed by atoms with Crippen molar-refractivity contribution in [1.29, 1.82) is 0 Å². The number of carbonyl (C=O) groups excluding carboxylic acids is 3. The van der Waals surface area contributed by atoms with Crippen molar-refractivity contribution in [3.63, 3.8) is 0 Å². The number of hydrogen-bond donors (Lipinski definition) is 2. The van der Waals surface area contributed by atoms with Crippen LogP contribution in [0.2, 0.25) is 0 Å². The number of carbonyl (C=O) groups is 3. The maximum Gasteiger partial charge on any atom is 0.422 e. The van der Waals surface area contributed by atoms with E-state index in [9.17, 15) is 22.8 Å². The summed E-state index contributed by atoms with van der Waals surface area (Å²) in [5.41, 5.74) is 5.09. The summed E-state index contributed by atoms with van der Waals surface area (Å²) < 4.78 is 39.6. The molecule has 0 spiro atoms. The second-order valence-electron chi connectivity index (χ2n) is 9.24. The number of rotatable bonds is 12. The normalized spacial score (nSPS) is 11.0. The Morgan fingerprint density at radius 2 is 1.37 bits per heavy atom. The van der Waals surface area contributed by atoms with Crippen molar-refractivity contribution in [2.45, 2.75) is 27.1 Å². The van der Waals surface area contributed by atoms with E-state index in [0.29, 0.717) is 39.3 Å². The molecule has 0 saturated heterocycles. The number of aromatic nitrogens is 1. The fraction of sp³-hybridized carbons (Fsp3) is 0.194. The Labute approximate surface area is 250 Å². The van der Waals surface area contributed by atoms with Gasteiger partial charge < -0.3 is 9.47 Å². The van der Waals surface area contributed by atoms with Gasteiger partial charge in [-0.2, -0.15) is 8.42 Å². The van der Waals surface area contributed by atoms with Gasteiger partial charge in [-0.25, -0.2) is 23.7 Å². The fourth-order valence-electron chi connectivity index (χ4n) is 4.21. The molecular formula is C31H32N4O7S. The van der Waals surface area contributed by atoms with Crippen molar-refractivity contribution in [2.24, 2.45) is 0 Å². The molecule has 2 N–H and O–H groups in total. The highest BCUT2D eigenvalue weighted by Crippen LogP contribution is 2.28. The van der Waals surface area contributed by atoms with Crippen molar-refractivity contribution in [1.82, 2.24) is 19.1 Å². The van der Waals surface area contributed by atoms with Crippen molar-refractivity contribution >= 4 is 28.2 Å². The topological polar surface area (TPSA) is 136 Å². The van der Waals surface area contributed by atoms with Crippen LogP contribution in [0.4, 0.5) is 4.79 Å². The van der Waals surface area contributed by atoms with Gasteiger partial charge in [0.25, 0.3) is 5.91 Å². The summed E-state index contributed by atoms with van der Waals surface area (Å²) in [6.07, 6.45) is -0.0728. The van der Waals surface area contributed by atoms with Crippen LogP contribution in [0.15, 0.2) is 97.2 Å². The lowest BCUT2D eigenvalue weighted by Crippen LogP contribution is -2.42. The van der Waals surface area contributed by atoms with Gasteiger partial charge in [-0.05, 0) is 41.8 Å². The molecule has 0 aliphatic heterocycles. The molecule has 1 heterocycles. The van der Waals surface area contributed by atoms with E-state index >= 15 is 0 Å². The number of ether oxygens (including phenoxy) is 2. The Hall–Kier alpha value is -4.94. The molecule has 12 heteroatoms. The molecule has 0 aliphatic rings. The third kappa shape index (κ3) is 7.87. The molecule has 0 bridgehead atoms. The molecule has 0 fully saturated rings. The zero-order valence-electron chi connectivity index (χ0n) is 23.7. The molecule has 0 atom stereocenters. The monoisotopic (exact) mass is 604 g/mol. The van der Waals surface area contributed by atoms with E-state index < -0.39 is 22.3 Å². The van der Waals surface area contributed by atoms with Crippen LogP contribution in [-0.4, -0.2) is 48.5 Å². The van der Waals surface area contributed by atoms with Crippen molar-refractivity contribution in [2.75, 3.05) is 13.1 Å². The smallest absolute Gasteiger partial charge is 0.422 e. The molecule has 0 unspecified atom stereocenters. The van der Waals surface area contributed by atoms with E-state index in [4.69, 9.17) is 9.47 Å². The molecule has 224 valence electrons. The average molecular weight is 605 g/mol. The SMILES string of the molecule is CCNN(CC)C(=O)c1ccc(-c2ccn(S(=O)(=O)NC(=O)OCc3ccccc3)c2C(=O)OCc2ccccc2)cc1. The van der Waals surface area contributed by atoms with Gasteiger partial charge in [0.05, 0.1) is 0 Å². The minimum Gasteiger partial charge on any atom is -0.456 e. The number of hydrogen-bond acceptors (Lipinski definition) is 8. The van der Waals surface area contributed by atoms with Gasteiger partial charge in [0, 0.05) is 30.4 Å². The van der Waals surface area contributed by atoms with Crippen LogP contribution >= 0.6 is 0 Å². The van der Waals surface area contributed by atoms with Crippen molar-refractivity contribution in [3.05, 3.63) is 120 Å². The highest BCUT2D eigenvalue weighted by molar-refractivity contribution is 7.88. The quantitative estimate of drug-likeness (QED) is 0.178. The Bertz CT molecular complexity index is 1660. The molecular weight excluding hydrogens is 572 g/mol. The Balaban J connectivity index is 1.62. The average Bonchev–Trinajstić information content (AvgIpc) is 3.49. The Morgan fingerprint density at radius 1 is 0.791 bits per heavy atom. The first-order valence-corrected chi connectivity index (χ1v) is 15.0. The summed E-state index contributed by atoms with van der Waals surface area (Å²) in [6, 6.07) is 25.5. The predicted molar refractivity (Wildman–Crippen MR) is 160 cm³/mol. The number of esters is 1. The zero-order valence-corrected chi connectivity index (χ0v) is 24.5. The summed E-state index contributed by atoms with van der Waals surface area (Å²) in [5, 5.41) is 1.48. The van der Waals surface area contributed by atoms with Crippen LogP contribution in [0.3, 0.4) is 0 Å². The Kier molecular flexibility index (Phi) is 10.3. The van der Waals surface area contributed by atoms with Crippen molar-refractivity contribution < 1.29 is 32.3 Å². The molecule has 1 aromatic heterocycles. The molecule has 11 nitrogen and oxygen atoms in total. The van der Waals surface area contributed by atoms with Gasteiger partial charge in [0.15, 0.2) is 5.69 Å². The first-order valence-electron chi connectivity index (χ1n) is 13.6. The molecule has 4 rings (SSSR count). The lowest BCUT2D eigenvalue weighted by atomic mass is 10.0. The largest absolute Gasteiger partial charge is 0.456 e. The van der Waals surface area contributed by atoms with E-state index in [1.54, 1.807) is 78.9 Å². The summed E-state index contributed by atoms with van der Waals surface area (Å²) in [7, 11) is -4.63. The molecule has 0 radical (unpaired) electrons. The lowest BCUT2D eigenvalue weighted by molar-refractivity contribution is 0.0465. The number of nitrogens with one attached hydrogen (secondary N) is 2. The first-order chi connectivity index (χ1) is 20.7. The third-order valence-electron chi connectivity index (χ3n) is 6.30. The molecule has 3 aromatic carbocycles. The zero-order chi connectivity index (χ0) is 30.8. The van der Waals surface area contributed by atoms with Crippen LogP contribution in [-0.2, 0) is 32.9 Å². The lowest BCUT2D eigenvalue weighted by Gasteiger charge is -2.21. The van der Waals surface area contributed by atoms with E-state index in [-0.39, 0.29) is 30.4 Å². The maximum atomic E-state index is 13.4. The third-order valence-corrected chi connectivity index (χ3v) is 7.54. The van der Waals surface area contributed by atoms with Crippen LogP contribution in [0, 0.1) is 0 Å². The van der Waals surface area contributed by atoms with Gasteiger partial charge in [-0.3, -0.25) is 9.80 Å². The number of nitrogens with zero attached hydrogens (tertiary/aromatic N) is 2. The minimum absolute atomic E-state index is 0.110. The van der Waals surface area contributed by atoms with Crippen molar-refractivity contribution in [3.8, 4) is 11.1 Å². The number of benzene rings is 3. The van der Waals surface area contributed by atoms with E-state index in [1.807, 2.05) is 24.6 Å². The molecule has 0 aliphatic carbocycles. The van der Waals surface area contributed by atoms with E-state index in [1.165, 1.54) is 11.1 Å². The molecule has 4 aromatic rings. The Morgan fingerprint density at radius 3 is 1.93 bits per heavy atom. The highest BCUT2D eigenvalue weighted by Gasteiger charge is 2.28. The predicted octanol–water partition coefficient (Wildman–Crippen LogP) is 4.52. The highest BCUT2D eigenvalue weighted by atomic mass is 32.2. The van der Waals surface area contributed by atoms with Gasteiger partial charge in [0.2, 0.25) is 0 Å². The number of amides is 2. The molecule has 0 saturated carbocycles. The summed E-state index contributed by atoms with van der Waals surface area (Å²) in [5.74, 6) is -1.17. The van der Waals surface area contributed by atoms with Gasteiger partial charge in [0.1, 0.15) is 13.2 Å². The van der Waals surface area contributed by atoms with E-state index in [0.717, 1.165) is 6.20 Å². The number of hydrazine groups is 1. The summed E-state index contributed by atoms with van der Waals surface area (Å²) >= 11 is 0. The summed E-state index contributed by atoms with van der Waals surface area (Å²) in [4.78, 5) is 38.7. The second kappa shape index (κ2) is 14.3. The first kappa shape index (κ1) is 31.0. The van der Waals surface area contributed by atoms with Gasteiger partial charge >= 0.3 is 22.3 Å². The minimum atomic E-state index is -4.63. The van der Waals surface area contributed by atoms with E-state index in [2.05, 4.69) is 5.43 Å². The summed E-state index contributed by atoms with van der Waals surface area (Å²) in [6.45, 7) is 4.49. The van der Waals surface area contributed by atoms with Crippen LogP contribution in [0.25, 0.3) is 11.1 Å². The standard InChI is InChI=1S/C31H32N4O7S/c1-3-32-34(4-2)29(36)26-17-15-25(16-18-26)27-19-20-35(28(27)30(37)41-21-23-11-7-5-8-12-23)43(39,40)33-31(38)42-22-24-13-9-6-10-14-24/h5-20,32H,3-4,21-22H2,1-2H3,(H,33,38). The molecule has 2 amide bonds. The van der Waals surface area contributed by atoms with Crippen LogP contribution < -0.4 is 10.1 Å². The fourth-order valence-corrected chi connectivity index (χ4v) is 5.21. The maximum absolute atomic E-state index is 13.4. The van der Waals surface area contributed by atoms with Gasteiger partial charge in [-0.15, -0.1) is 0 Å². The van der Waals surface area contributed by atoms with Crippen LogP contribution in [0.1, 0.15) is 45.8 Å². The molecule has 43 heavy (non-hydrogen) atoms. The second-order valence-corrected chi connectivity index (χ2v) is 10.8.